The molecule has 26 heavy (non-hydrogen) atoms. The van der Waals surface area contributed by atoms with E-state index in [9.17, 15) is 4.79 Å². The molecule has 1 aliphatic heterocycles. The van der Waals surface area contributed by atoms with Gasteiger partial charge in [-0.2, -0.15) is 0 Å². The molecule has 1 aliphatic rings. The van der Waals surface area contributed by atoms with Crippen LogP contribution in [0.25, 0.3) is 22.0 Å². The summed E-state index contributed by atoms with van der Waals surface area (Å²) in [5, 5.41) is 1.10. The van der Waals surface area contributed by atoms with E-state index in [-0.39, 0.29) is 11.3 Å². The van der Waals surface area contributed by atoms with Gasteiger partial charge in [0.05, 0.1) is 13.2 Å². The van der Waals surface area contributed by atoms with Crippen LogP contribution in [0.4, 0.5) is 0 Å². The van der Waals surface area contributed by atoms with Crippen molar-refractivity contribution in [2.24, 2.45) is 5.41 Å². The van der Waals surface area contributed by atoms with Crippen LogP contribution in [0.2, 0.25) is 0 Å². The molecular formula is C22H24N2O2. The molecule has 4 nitrogen and oxygen atoms in total. The minimum atomic E-state index is 0.0353. The van der Waals surface area contributed by atoms with E-state index in [1.54, 1.807) is 4.90 Å². The van der Waals surface area contributed by atoms with Gasteiger partial charge in [-0.15, -0.1) is 0 Å². The van der Waals surface area contributed by atoms with Crippen molar-refractivity contribution in [2.75, 3.05) is 26.8 Å². The van der Waals surface area contributed by atoms with Gasteiger partial charge in [0, 0.05) is 29.9 Å². The molecule has 2 aromatic carbocycles. The van der Waals surface area contributed by atoms with E-state index < -0.39 is 0 Å². The van der Waals surface area contributed by atoms with Gasteiger partial charge in [-0.25, -0.2) is 0 Å². The molecule has 4 rings (SSSR count). The number of carbonyl (C=O) groups excluding carboxylic acids is 1. The van der Waals surface area contributed by atoms with Crippen LogP contribution in [0, 0.1) is 12.3 Å². The third kappa shape index (κ3) is 2.90. The lowest BCUT2D eigenvalue weighted by molar-refractivity contribution is -0.109. The maximum atomic E-state index is 13.0. The summed E-state index contributed by atoms with van der Waals surface area (Å²) in [6.45, 7) is 6.32. The van der Waals surface area contributed by atoms with Crippen molar-refractivity contribution in [1.29, 1.82) is 0 Å². The molecule has 0 aliphatic carbocycles. The first-order valence-corrected chi connectivity index (χ1v) is 8.98. The molecule has 0 unspecified atom stereocenters. The van der Waals surface area contributed by atoms with Gasteiger partial charge < -0.3 is 14.6 Å². The first-order valence-electron chi connectivity index (χ1n) is 8.98. The first kappa shape index (κ1) is 16.9. The van der Waals surface area contributed by atoms with Crippen molar-refractivity contribution in [3.63, 3.8) is 0 Å². The van der Waals surface area contributed by atoms with Gasteiger partial charge in [0.25, 0.3) is 5.91 Å². The molecule has 0 bridgehead atoms. The van der Waals surface area contributed by atoms with Crippen molar-refractivity contribution < 1.29 is 9.53 Å². The predicted octanol–water partition coefficient (Wildman–Crippen LogP) is 4.25. The summed E-state index contributed by atoms with van der Waals surface area (Å²) < 4.78 is 5.31. The Morgan fingerprint density at radius 3 is 2.54 bits per heavy atom. The van der Waals surface area contributed by atoms with E-state index in [0.717, 1.165) is 35.2 Å². The van der Waals surface area contributed by atoms with Crippen molar-refractivity contribution in [3.05, 3.63) is 59.8 Å². The molecule has 0 radical (unpaired) electrons. The highest BCUT2D eigenvalue weighted by molar-refractivity contribution is 6.01. The molecule has 2 heterocycles. The van der Waals surface area contributed by atoms with Gasteiger partial charge in [0.1, 0.15) is 5.69 Å². The number of hydrogen-bond acceptors (Lipinski definition) is 2. The van der Waals surface area contributed by atoms with Crippen LogP contribution in [-0.2, 0) is 4.74 Å². The molecule has 1 aromatic heterocycles. The van der Waals surface area contributed by atoms with Crippen LogP contribution in [0.15, 0.2) is 48.5 Å². The number of nitrogens with one attached hydrogen (secondary N) is 1. The maximum Gasteiger partial charge on any atom is 0.270 e. The van der Waals surface area contributed by atoms with E-state index in [1.165, 1.54) is 5.56 Å². The maximum absolute atomic E-state index is 13.0. The Labute approximate surface area is 153 Å². The van der Waals surface area contributed by atoms with Gasteiger partial charge in [0.15, 0.2) is 0 Å². The summed E-state index contributed by atoms with van der Waals surface area (Å²) in [5.41, 5.74) is 5.09. The van der Waals surface area contributed by atoms with Crippen molar-refractivity contribution in [2.45, 2.75) is 13.8 Å². The Bertz CT molecular complexity index is 955. The zero-order chi connectivity index (χ0) is 18.3. The molecule has 0 spiro atoms. The third-order valence-corrected chi connectivity index (χ3v) is 5.25. The molecule has 0 saturated carbocycles. The summed E-state index contributed by atoms with van der Waals surface area (Å²) in [4.78, 5) is 18.1. The van der Waals surface area contributed by atoms with Gasteiger partial charge >= 0.3 is 0 Å². The second kappa shape index (κ2) is 6.29. The Hall–Kier alpha value is -2.59. The van der Waals surface area contributed by atoms with Crippen LogP contribution >= 0.6 is 0 Å². The van der Waals surface area contributed by atoms with Gasteiger partial charge in [-0.1, -0.05) is 43.3 Å². The van der Waals surface area contributed by atoms with E-state index in [0.29, 0.717) is 12.2 Å². The highest BCUT2D eigenvalue weighted by atomic mass is 16.5. The Balaban J connectivity index is 1.66. The van der Waals surface area contributed by atoms with E-state index >= 15 is 0 Å². The number of nitrogens with zero attached hydrogens (tertiary/aromatic N) is 1. The number of aromatic nitrogens is 1. The largest absolute Gasteiger partial charge is 0.380 e. The number of aryl methyl sites for hydroxylation is 1. The molecular weight excluding hydrogens is 324 g/mol. The number of benzene rings is 2. The molecule has 3 aromatic rings. The first-order chi connectivity index (χ1) is 12.5. The number of carbonyl (C=O) groups is 1. The van der Waals surface area contributed by atoms with Gasteiger partial charge in [-0.05, 0) is 35.7 Å². The second-order valence-electron chi connectivity index (χ2n) is 7.72. The lowest BCUT2D eigenvalue weighted by Crippen LogP contribution is -2.49. The molecule has 0 atom stereocenters. The van der Waals surface area contributed by atoms with Crippen LogP contribution < -0.4 is 0 Å². The number of aromatic amines is 1. The SMILES string of the molecule is Cc1c(C(=O)N(C)CC2(C)COC2)[nH]c2ccc(-c3ccccc3)cc12. The fourth-order valence-corrected chi connectivity index (χ4v) is 3.73. The predicted molar refractivity (Wildman–Crippen MR) is 104 cm³/mol. The van der Waals surface area contributed by atoms with E-state index in [1.807, 2.05) is 32.2 Å². The zero-order valence-electron chi connectivity index (χ0n) is 15.5. The van der Waals surface area contributed by atoms with Crippen LogP contribution in [-0.4, -0.2) is 42.6 Å². The molecule has 1 fully saturated rings. The number of H-pyrrole nitrogens is 1. The highest BCUT2D eigenvalue weighted by Gasteiger charge is 2.36. The average Bonchev–Trinajstić information content (AvgIpc) is 2.96. The van der Waals surface area contributed by atoms with Gasteiger partial charge in [0.2, 0.25) is 0 Å². The number of hydrogen-bond donors (Lipinski definition) is 1. The standard InChI is InChI=1S/C22H24N2O2/c1-15-18-11-17(16-7-5-4-6-8-16)9-10-19(18)23-20(15)21(25)24(3)12-22(2)13-26-14-22/h4-11,23H,12-14H2,1-3H3. The minimum absolute atomic E-state index is 0.0353. The lowest BCUT2D eigenvalue weighted by atomic mass is 9.88. The van der Waals surface area contributed by atoms with Crippen molar-refractivity contribution in [3.8, 4) is 11.1 Å². The normalized spacial score (nSPS) is 15.7. The zero-order valence-corrected chi connectivity index (χ0v) is 15.5. The van der Waals surface area contributed by atoms with Crippen molar-refractivity contribution >= 4 is 16.8 Å². The summed E-state index contributed by atoms with van der Waals surface area (Å²) in [6, 6.07) is 16.6. The Morgan fingerprint density at radius 2 is 1.88 bits per heavy atom. The Morgan fingerprint density at radius 1 is 1.15 bits per heavy atom. The fraction of sp³-hybridized carbons (Fsp3) is 0.318. The van der Waals surface area contributed by atoms with E-state index in [4.69, 9.17) is 4.74 Å². The van der Waals surface area contributed by atoms with Gasteiger partial charge in [-0.3, -0.25) is 4.79 Å². The average molecular weight is 348 g/mol. The number of ether oxygens (including phenoxy) is 1. The van der Waals surface area contributed by atoms with Crippen LogP contribution in [0.3, 0.4) is 0 Å². The minimum Gasteiger partial charge on any atom is -0.380 e. The van der Waals surface area contributed by atoms with Crippen LogP contribution in [0.1, 0.15) is 23.0 Å². The third-order valence-electron chi connectivity index (χ3n) is 5.25. The summed E-state index contributed by atoms with van der Waals surface area (Å²) in [7, 11) is 1.87. The van der Waals surface area contributed by atoms with Crippen LogP contribution in [0.5, 0.6) is 0 Å². The summed E-state index contributed by atoms with van der Waals surface area (Å²) in [5.74, 6) is 0.0353. The van der Waals surface area contributed by atoms with E-state index in [2.05, 4.69) is 42.2 Å². The number of fused-ring (bicyclic) bond motifs is 1. The fourth-order valence-electron chi connectivity index (χ4n) is 3.73. The number of amides is 1. The number of rotatable bonds is 4. The molecule has 1 N–H and O–H groups in total. The second-order valence-corrected chi connectivity index (χ2v) is 7.72. The topological polar surface area (TPSA) is 45.3 Å². The molecule has 134 valence electrons. The smallest absolute Gasteiger partial charge is 0.270 e. The molecule has 4 heteroatoms. The highest BCUT2D eigenvalue weighted by Crippen LogP contribution is 2.30. The monoisotopic (exact) mass is 348 g/mol. The molecule has 1 saturated heterocycles. The van der Waals surface area contributed by atoms with Crippen molar-refractivity contribution in [1.82, 2.24) is 9.88 Å². The lowest BCUT2D eigenvalue weighted by Gasteiger charge is -2.40. The molecule has 1 amide bonds. The quantitative estimate of drug-likeness (QED) is 0.766. The summed E-state index contributed by atoms with van der Waals surface area (Å²) in [6.07, 6.45) is 0. The summed E-state index contributed by atoms with van der Waals surface area (Å²) >= 11 is 0. The Kier molecular flexibility index (Phi) is 4.08.